The maximum absolute atomic E-state index is 14.9. The summed E-state index contributed by atoms with van der Waals surface area (Å²) >= 11 is 0. The molecule has 1 unspecified atom stereocenters. The average molecular weight is 443 g/mol. The van der Waals surface area contributed by atoms with Gasteiger partial charge in [-0.05, 0) is 12.0 Å². The Bertz CT molecular complexity index is 1140. The first-order valence-electron chi connectivity index (χ1n) is 9.01. The van der Waals surface area contributed by atoms with Gasteiger partial charge >= 0.3 is 6.18 Å². The zero-order valence-electron chi connectivity index (χ0n) is 16.4. The van der Waals surface area contributed by atoms with Crippen molar-refractivity contribution in [2.24, 2.45) is 18.7 Å². The molecule has 3 rings (SSSR count). The number of aromatic nitrogens is 4. The Kier molecular flexibility index (Phi) is 5.85. The van der Waals surface area contributed by atoms with Crippen LogP contribution >= 0.6 is 0 Å². The number of hydrogen-bond acceptors (Lipinski definition) is 4. The Morgan fingerprint density at radius 1 is 1.19 bits per heavy atom. The molecule has 12 heteroatoms. The van der Waals surface area contributed by atoms with Gasteiger partial charge in [-0.15, -0.1) is 0 Å². The van der Waals surface area contributed by atoms with Crippen LogP contribution in [0.25, 0.3) is 22.4 Å². The number of aliphatic hydroxyl groups is 1. The van der Waals surface area contributed by atoms with Gasteiger partial charge in [-0.1, -0.05) is 13.0 Å². The van der Waals surface area contributed by atoms with Crippen LogP contribution in [0.15, 0.2) is 24.5 Å². The summed E-state index contributed by atoms with van der Waals surface area (Å²) < 4.78 is 72.3. The number of alkyl halides is 3. The minimum absolute atomic E-state index is 0.0141. The Labute approximate surface area is 172 Å². The summed E-state index contributed by atoms with van der Waals surface area (Å²) in [6.45, 7) is 1.26. The summed E-state index contributed by atoms with van der Waals surface area (Å²) in [5, 5.41) is 12.6. The highest BCUT2D eigenvalue weighted by molar-refractivity contribution is 5.90. The van der Waals surface area contributed by atoms with Crippen LogP contribution in [0.5, 0.6) is 0 Å². The van der Waals surface area contributed by atoms with Gasteiger partial charge in [-0.25, -0.2) is 13.8 Å². The van der Waals surface area contributed by atoms with Crippen molar-refractivity contribution in [3.63, 3.8) is 0 Å². The van der Waals surface area contributed by atoms with Crippen molar-refractivity contribution in [2.45, 2.75) is 19.6 Å². The minimum Gasteiger partial charge on any atom is -0.396 e. The third-order valence-electron chi connectivity index (χ3n) is 4.70. The number of primary amides is 1. The molecule has 1 amide bonds. The fourth-order valence-electron chi connectivity index (χ4n) is 3.14. The van der Waals surface area contributed by atoms with E-state index < -0.39 is 46.5 Å². The van der Waals surface area contributed by atoms with Gasteiger partial charge in [0.25, 0.3) is 5.91 Å². The van der Waals surface area contributed by atoms with Crippen molar-refractivity contribution >= 4 is 5.91 Å². The van der Waals surface area contributed by atoms with E-state index in [-0.39, 0.29) is 30.2 Å². The number of nitrogens with zero attached hydrogens (tertiary/aromatic N) is 4. The molecule has 0 saturated carbocycles. The van der Waals surface area contributed by atoms with Crippen LogP contribution < -0.4 is 5.73 Å². The number of hydrogen-bond donors (Lipinski definition) is 2. The van der Waals surface area contributed by atoms with Crippen LogP contribution in [0.3, 0.4) is 0 Å². The second kappa shape index (κ2) is 8.10. The maximum Gasteiger partial charge on any atom is 0.435 e. The number of amides is 1. The SMILES string of the molecule is CC(CO)Cn1cc(-c2ccc(-c3cnc(C(N)=O)n3C)c(F)c2F)c(C(F)(F)F)n1. The number of nitrogens with two attached hydrogens (primary N) is 1. The summed E-state index contributed by atoms with van der Waals surface area (Å²) in [6, 6.07) is 2.08. The topological polar surface area (TPSA) is 99.0 Å². The third-order valence-corrected chi connectivity index (χ3v) is 4.70. The van der Waals surface area contributed by atoms with Gasteiger partial charge in [0.1, 0.15) is 0 Å². The quantitative estimate of drug-likeness (QED) is 0.573. The largest absolute Gasteiger partial charge is 0.435 e. The summed E-state index contributed by atoms with van der Waals surface area (Å²) in [5.74, 6) is -4.41. The van der Waals surface area contributed by atoms with Gasteiger partial charge < -0.3 is 15.4 Å². The molecule has 3 aromatic rings. The number of rotatable bonds is 6. The van der Waals surface area contributed by atoms with Crippen molar-refractivity contribution in [3.8, 4) is 22.4 Å². The van der Waals surface area contributed by atoms with Gasteiger partial charge in [0.2, 0.25) is 0 Å². The molecule has 0 radical (unpaired) electrons. The second-order valence-corrected chi connectivity index (χ2v) is 7.08. The van der Waals surface area contributed by atoms with Crippen molar-refractivity contribution in [2.75, 3.05) is 6.61 Å². The Balaban J connectivity index is 2.13. The molecule has 166 valence electrons. The first kappa shape index (κ1) is 22.4. The second-order valence-electron chi connectivity index (χ2n) is 7.08. The molecule has 0 aliphatic carbocycles. The number of halogens is 5. The molecule has 0 fully saturated rings. The monoisotopic (exact) mass is 443 g/mol. The Hall–Kier alpha value is -3.28. The van der Waals surface area contributed by atoms with Crippen molar-refractivity contribution < 1.29 is 31.9 Å². The van der Waals surface area contributed by atoms with E-state index in [0.29, 0.717) is 0 Å². The van der Waals surface area contributed by atoms with E-state index in [1.807, 2.05) is 0 Å². The Morgan fingerprint density at radius 2 is 1.81 bits per heavy atom. The van der Waals surface area contributed by atoms with Crippen molar-refractivity contribution in [1.82, 2.24) is 19.3 Å². The normalized spacial score (nSPS) is 12.9. The van der Waals surface area contributed by atoms with Crippen LogP contribution in [-0.2, 0) is 19.8 Å². The lowest BCUT2D eigenvalue weighted by molar-refractivity contribution is -0.141. The van der Waals surface area contributed by atoms with E-state index in [4.69, 9.17) is 10.8 Å². The van der Waals surface area contributed by atoms with Gasteiger partial charge in [-0.3, -0.25) is 9.48 Å². The smallest absolute Gasteiger partial charge is 0.396 e. The summed E-state index contributed by atoms with van der Waals surface area (Å²) in [7, 11) is 1.36. The zero-order chi connectivity index (χ0) is 23.1. The summed E-state index contributed by atoms with van der Waals surface area (Å²) in [5.41, 5.74) is 2.22. The highest BCUT2D eigenvalue weighted by Crippen LogP contribution is 2.39. The van der Waals surface area contributed by atoms with E-state index in [9.17, 15) is 26.7 Å². The van der Waals surface area contributed by atoms with Crippen LogP contribution in [0.2, 0.25) is 0 Å². The number of benzene rings is 1. The van der Waals surface area contributed by atoms with Gasteiger partial charge in [0.15, 0.2) is 23.2 Å². The molecule has 0 aliphatic heterocycles. The predicted molar refractivity (Wildman–Crippen MR) is 99.6 cm³/mol. The predicted octanol–water partition coefficient (Wildman–Crippen LogP) is 2.97. The van der Waals surface area contributed by atoms with Crippen LogP contribution in [-0.4, -0.2) is 37.0 Å². The molecule has 1 atom stereocenters. The molecule has 3 N–H and O–H groups in total. The number of carbonyl (C=O) groups excluding carboxylic acids is 1. The number of carbonyl (C=O) groups is 1. The standard InChI is InChI=1S/C19H18F5N5O2/c1-9(8-30)6-29-7-12(16(27-29)19(22,23)24)10-3-4-11(15(21)14(10)20)13-5-26-18(17(25)31)28(13)2/h3-5,7,9,30H,6,8H2,1-2H3,(H2,25,31). The van der Waals surface area contributed by atoms with Crippen LogP contribution in [0.4, 0.5) is 22.0 Å². The highest BCUT2D eigenvalue weighted by atomic mass is 19.4. The summed E-state index contributed by atoms with van der Waals surface area (Å²) in [4.78, 5) is 15.1. The molecule has 2 heterocycles. The zero-order valence-corrected chi connectivity index (χ0v) is 16.4. The van der Waals surface area contributed by atoms with Gasteiger partial charge in [0, 0.05) is 43.1 Å². The molecular weight excluding hydrogens is 425 g/mol. The molecule has 1 aromatic carbocycles. The van der Waals surface area contributed by atoms with Gasteiger partial charge in [0.05, 0.1) is 11.9 Å². The van der Waals surface area contributed by atoms with Crippen LogP contribution in [0, 0.1) is 17.6 Å². The average Bonchev–Trinajstić information content (AvgIpc) is 3.27. The van der Waals surface area contributed by atoms with Crippen molar-refractivity contribution in [3.05, 3.63) is 47.7 Å². The lowest BCUT2D eigenvalue weighted by Crippen LogP contribution is -2.17. The van der Waals surface area contributed by atoms with Crippen LogP contribution in [0.1, 0.15) is 23.2 Å². The molecule has 2 aromatic heterocycles. The molecule has 7 nitrogen and oxygen atoms in total. The van der Waals surface area contributed by atoms with E-state index in [2.05, 4.69) is 10.1 Å². The van der Waals surface area contributed by atoms with E-state index in [0.717, 1.165) is 33.8 Å². The fraction of sp³-hybridized carbons (Fsp3) is 0.316. The Morgan fingerprint density at radius 3 is 2.35 bits per heavy atom. The number of imidazole rings is 1. The first-order valence-corrected chi connectivity index (χ1v) is 9.01. The maximum atomic E-state index is 14.9. The molecule has 0 aliphatic rings. The highest BCUT2D eigenvalue weighted by Gasteiger charge is 2.38. The lowest BCUT2D eigenvalue weighted by Gasteiger charge is -2.11. The summed E-state index contributed by atoms with van der Waals surface area (Å²) in [6.07, 6.45) is -2.85. The van der Waals surface area contributed by atoms with Gasteiger partial charge in [-0.2, -0.15) is 18.3 Å². The molecule has 0 spiro atoms. The molecule has 31 heavy (non-hydrogen) atoms. The third kappa shape index (κ3) is 4.15. The molecular formula is C19H18F5N5O2. The molecule has 0 saturated heterocycles. The fourth-order valence-corrected chi connectivity index (χ4v) is 3.14. The molecule has 0 bridgehead atoms. The minimum atomic E-state index is -4.91. The van der Waals surface area contributed by atoms with Crippen molar-refractivity contribution in [1.29, 1.82) is 0 Å². The lowest BCUT2D eigenvalue weighted by atomic mass is 10.0. The van der Waals surface area contributed by atoms with E-state index in [1.54, 1.807) is 6.92 Å². The van der Waals surface area contributed by atoms with E-state index in [1.165, 1.54) is 7.05 Å². The number of aliphatic hydroxyl groups excluding tert-OH is 1. The van der Waals surface area contributed by atoms with E-state index >= 15 is 0 Å². The first-order chi connectivity index (χ1) is 14.5.